The molecule has 1 atom stereocenters. The van der Waals surface area contributed by atoms with Crippen LogP contribution in [0.4, 0.5) is 0 Å². The van der Waals surface area contributed by atoms with Gasteiger partial charge in [-0.05, 0) is 26.4 Å². The van der Waals surface area contributed by atoms with Crippen LogP contribution in [-0.4, -0.2) is 51.3 Å². The molecule has 0 aliphatic heterocycles. The molecule has 0 saturated carbocycles. The van der Waals surface area contributed by atoms with Gasteiger partial charge in [-0.2, -0.15) is 5.26 Å². The monoisotopic (exact) mass is 213 g/mol. The highest BCUT2D eigenvalue weighted by molar-refractivity contribution is 4.89. The highest BCUT2D eigenvalue weighted by Gasteiger charge is 2.06. The van der Waals surface area contributed by atoms with E-state index in [-0.39, 0.29) is 6.04 Å². The van der Waals surface area contributed by atoms with Gasteiger partial charge in [-0.3, -0.25) is 0 Å². The Labute approximate surface area is 93.2 Å². The number of nitriles is 1. The lowest BCUT2D eigenvalue weighted by atomic mass is 10.2. The molecule has 0 fully saturated rings. The largest absolute Gasteiger partial charge is 0.385 e. The highest BCUT2D eigenvalue weighted by Crippen LogP contribution is 1.95. The number of methoxy groups -OCH3 is 1. The van der Waals surface area contributed by atoms with Gasteiger partial charge in [0.05, 0.1) is 12.1 Å². The fourth-order valence-corrected chi connectivity index (χ4v) is 1.40. The van der Waals surface area contributed by atoms with Crippen molar-refractivity contribution < 1.29 is 4.74 Å². The van der Waals surface area contributed by atoms with E-state index >= 15 is 0 Å². The topological polar surface area (TPSA) is 48.3 Å². The van der Waals surface area contributed by atoms with Crippen LogP contribution in [0.5, 0.6) is 0 Å². The molecule has 0 bridgehead atoms. The van der Waals surface area contributed by atoms with Crippen LogP contribution >= 0.6 is 0 Å². The van der Waals surface area contributed by atoms with Gasteiger partial charge in [0.1, 0.15) is 0 Å². The van der Waals surface area contributed by atoms with Gasteiger partial charge in [0, 0.05) is 26.8 Å². The smallest absolute Gasteiger partial charge is 0.0965 e. The normalized spacial score (nSPS) is 12.7. The maximum Gasteiger partial charge on any atom is 0.0965 e. The second kappa shape index (κ2) is 9.91. The molecule has 88 valence electrons. The van der Waals surface area contributed by atoms with Crippen molar-refractivity contribution in [1.82, 2.24) is 10.2 Å². The quantitative estimate of drug-likeness (QED) is 0.577. The molecule has 0 aromatic heterocycles. The van der Waals surface area contributed by atoms with Crippen molar-refractivity contribution >= 4 is 0 Å². The molecule has 4 nitrogen and oxygen atoms in total. The lowest BCUT2D eigenvalue weighted by Gasteiger charge is -2.18. The summed E-state index contributed by atoms with van der Waals surface area (Å²) in [5, 5.41) is 12.0. The molecule has 0 aliphatic carbocycles. The summed E-state index contributed by atoms with van der Waals surface area (Å²) in [6.07, 6.45) is 1.93. The second-order valence-corrected chi connectivity index (χ2v) is 3.68. The Hall–Kier alpha value is -0.630. The fraction of sp³-hybridized carbons (Fsp3) is 0.909. The van der Waals surface area contributed by atoms with Crippen molar-refractivity contribution in [3.05, 3.63) is 0 Å². The highest BCUT2D eigenvalue weighted by atomic mass is 16.5. The van der Waals surface area contributed by atoms with E-state index < -0.39 is 0 Å². The van der Waals surface area contributed by atoms with Crippen molar-refractivity contribution in [1.29, 1.82) is 5.26 Å². The first kappa shape index (κ1) is 14.4. The van der Waals surface area contributed by atoms with Crippen molar-refractivity contribution in [2.24, 2.45) is 0 Å². The van der Waals surface area contributed by atoms with Gasteiger partial charge < -0.3 is 15.0 Å². The first-order chi connectivity index (χ1) is 7.24. The zero-order valence-corrected chi connectivity index (χ0v) is 10.1. The summed E-state index contributed by atoms with van der Waals surface area (Å²) in [4.78, 5) is 2.24. The molecule has 0 saturated heterocycles. The first-order valence-electron chi connectivity index (χ1n) is 5.55. The number of nitrogens with one attached hydrogen (secondary N) is 1. The maximum absolute atomic E-state index is 8.83. The standard InChI is InChI=1S/C11H23N3O/c1-4-13-11(10-12)6-8-14(2)7-5-9-15-3/h11,13H,4-9H2,1-3H3. The maximum atomic E-state index is 8.83. The SMILES string of the molecule is CCNC(C#N)CCN(C)CCCOC. The van der Waals surface area contributed by atoms with E-state index in [1.165, 1.54) is 0 Å². The summed E-state index contributed by atoms with van der Waals surface area (Å²) < 4.78 is 4.99. The summed E-state index contributed by atoms with van der Waals surface area (Å²) in [7, 11) is 3.80. The predicted molar refractivity (Wildman–Crippen MR) is 61.7 cm³/mol. The Balaban J connectivity index is 3.51. The minimum Gasteiger partial charge on any atom is -0.385 e. The van der Waals surface area contributed by atoms with Gasteiger partial charge in [0.25, 0.3) is 0 Å². The Morgan fingerprint density at radius 1 is 1.47 bits per heavy atom. The number of rotatable bonds is 9. The van der Waals surface area contributed by atoms with E-state index in [1.54, 1.807) is 7.11 Å². The van der Waals surface area contributed by atoms with Crippen LogP contribution in [0, 0.1) is 11.3 Å². The number of nitrogens with zero attached hydrogens (tertiary/aromatic N) is 2. The zero-order chi connectivity index (χ0) is 11.5. The molecule has 0 spiro atoms. The molecule has 0 heterocycles. The van der Waals surface area contributed by atoms with Crippen molar-refractivity contribution in [3.8, 4) is 6.07 Å². The van der Waals surface area contributed by atoms with Crippen LogP contribution in [0.25, 0.3) is 0 Å². The molecule has 1 N–H and O–H groups in total. The average Bonchev–Trinajstić information content (AvgIpc) is 2.24. The Bertz CT molecular complexity index is 179. The van der Waals surface area contributed by atoms with E-state index in [0.29, 0.717) is 0 Å². The zero-order valence-electron chi connectivity index (χ0n) is 10.1. The third kappa shape index (κ3) is 8.37. The van der Waals surface area contributed by atoms with Crippen LogP contribution in [0.3, 0.4) is 0 Å². The molecule has 0 aromatic rings. The summed E-state index contributed by atoms with van der Waals surface area (Å²) >= 11 is 0. The van der Waals surface area contributed by atoms with Gasteiger partial charge in [-0.1, -0.05) is 6.92 Å². The van der Waals surface area contributed by atoms with E-state index in [9.17, 15) is 0 Å². The van der Waals surface area contributed by atoms with Crippen LogP contribution < -0.4 is 5.32 Å². The molecule has 0 rings (SSSR count). The fourth-order valence-electron chi connectivity index (χ4n) is 1.40. The van der Waals surface area contributed by atoms with Gasteiger partial charge in [0.15, 0.2) is 0 Å². The Morgan fingerprint density at radius 2 is 2.20 bits per heavy atom. The number of hydrogen-bond acceptors (Lipinski definition) is 4. The van der Waals surface area contributed by atoms with Crippen molar-refractivity contribution in [2.75, 3.05) is 40.4 Å². The second-order valence-electron chi connectivity index (χ2n) is 3.68. The van der Waals surface area contributed by atoms with E-state index in [2.05, 4.69) is 23.3 Å². The summed E-state index contributed by atoms with van der Waals surface area (Å²) in [5.74, 6) is 0. The molecule has 4 heteroatoms. The van der Waals surface area contributed by atoms with E-state index in [0.717, 1.165) is 39.1 Å². The number of ether oxygens (including phenoxy) is 1. The number of hydrogen-bond donors (Lipinski definition) is 1. The van der Waals surface area contributed by atoms with Crippen molar-refractivity contribution in [3.63, 3.8) is 0 Å². The lowest BCUT2D eigenvalue weighted by Crippen LogP contribution is -2.32. The molecular weight excluding hydrogens is 190 g/mol. The van der Waals surface area contributed by atoms with Crippen LogP contribution in [0.2, 0.25) is 0 Å². The third-order valence-corrected chi connectivity index (χ3v) is 2.29. The van der Waals surface area contributed by atoms with Crippen molar-refractivity contribution in [2.45, 2.75) is 25.8 Å². The lowest BCUT2D eigenvalue weighted by molar-refractivity contribution is 0.178. The molecule has 0 aromatic carbocycles. The molecule has 0 aliphatic rings. The summed E-state index contributed by atoms with van der Waals surface area (Å²) in [6, 6.07) is 2.25. The van der Waals surface area contributed by atoms with E-state index in [1.807, 2.05) is 6.92 Å². The van der Waals surface area contributed by atoms with Crippen LogP contribution in [0.15, 0.2) is 0 Å². The van der Waals surface area contributed by atoms with Gasteiger partial charge in [-0.25, -0.2) is 0 Å². The molecule has 0 radical (unpaired) electrons. The molecular formula is C11H23N3O. The first-order valence-corrected chi connectivity index (χ1v) is 5.55. The predicted octanol–water partition coefficient (Wildman–Crippen LogP) is 0.846. The van der Waals surface area contributed by atoms with Crippen LogP contribution in [0.1, 0.15) is 19.8 Å². The molecule has 15 heavy (non-hydrogen) atoms. The van der Waals surface area contributed by atoms with Gasteiger partial charge in [0.2, 0.25) is 0 Å². The summed E-state index contributed by atoms with van der Waals surface area (Å²) in [5.41, 5.74) is 0. The van der Waals surface area contributed by atoms with E-state index in [4.69, 9.17) is 10.00 Å². The Kier molecular flexibility index (Phi) is 9.49. The molecule has 0 amide bonds. The van der Waals surface area contributed by atoms with Crippen LogP contribution in [-0.2, 0) is 4.74 Å². The third-order valence-electron chi connectivity index (χ3n) is 2.29. The minimum absolute atomic E-state index is 0.0140. The summed E-state index contributed by atoms with van der Waals surface area (Å²) in [6.45, 7) is 5.66. The average molecular weight is 213 g/mol. The minimum atomic E-state index is -0.0140. The Morgan fingerprint density at radius 3 is 2.73 bits per heavy atom. The van der Waals surface area contributed by atoms with Gasteiger partial charge >= 0.3 is 0 Å². The van der Waals surface area contributed by atoms with Gasteiger partial charge in [-0.15, -0.1) is 0 Å². The molecule has 1 unspecified atom stereocenters.